The molecule has 3 rings (SSSR count). The number of methoxy groups -OCH3 is 1. The van der Waals surface area contributed by atoms with Crippen molar-refractivity contribution in [3.05, 3.63) is 17.8 Å². The second-order valence-corrected chi connectivity index (χ2v) is 5.12. The summed E-state index contributed by atoms with van der Waals surface area (Å²) in [7, 11) is 1.35. The van der Waals surface area contributed by atoms with Crippen LogP contribution in [0.4, 0.5) is 5.82 Å². The van der Waals surface area contributed by atoms with Gasteiger partial charge in [0.1, 0.15) is 0 Å². The number of fused-ring (bicyclic) bond motifs is 1. The van der Waals surface area contributed by atoms with Gasteiger partial charge < -0.3 is 9.64 Å². The fourth-order valence-electron chi connectivity index (χ4n) is 3.13. The maximum atomic E-state index is 11.3. The predicted molar refractivity (Wildman–Crippen MR) is 66.4 cm³/mol. The van der Waals surface area contributed by atoms with Crippen LogP contribution in [-0.2, 0) is 4.74 Å². The molecule has 1 saturated heterocycles. The van der Waals surface area contributed by atoms with Crippen molar-refractivity contribution in [2.75, 3.05) is 25.1 Å². The van der Waals surface area contributed by atoms with Crippen molar-refractivity contribution in [1.82, 2.24) is 10.2 Å². The van der Waals surface area contributed by atoms with E-state index in [1.165, 1.54) is 26.4 Å². The molecule has 1 aliphatic heterocycles. The van der Waals surface area contributed by atoms with E-state index in [0.717, 1.165) is 30.7 Å². The van der Waals surface area contributed by atoms with Crippen molar-refractivity contribution in [2.24, 2.45) is 11.8 Å². The molecule has 1 aromatic rings. The molecule has 0 radical (unpaired) electrons. The first kappa shape index (κ1) is 11.4. The number of rotatable bonds is 2. The maximum Gasteiger partial charge on any atom is 0.358 e. The Kier molecular flexibility index (Phi) is 2.89. The highest BCUT2D eigenvalue weighted by molar-refractivity contribution is 5.86. The van der Waals surface area contributed by atoms with Crippen LogP contribution in [0.2, 0.25) is 0 Å². The molecule has 5 heteroatoms. The first-order valence-corrected chi connectivity index (χ1v) is 6.45. The van der Waals surface area contributed by atoms with Crippen molar-refractivity contribution in [1.29, 1.82) is 0 Å². The number of aromatic nitrogens is 2. The molecular weight excluding hydrogens is 230 g/mol. The third kappa shape index (κ3) is 1.94. The van der Waals surface area contributed by atoms with E-state index in [9.17, 15) is 4.79 Å². The van der Waals surface area contributed by atoms with Gasteiger partial charge in [0, 0.05) is 13.1 Å². The lowest BCUT2D eigenvalue weighted by Crippen LogP contribution is -2.22. The van der Waals surface area contributed by atoms with Crippen LogP contribution in [0.25, 0.3) is 0 Å². The second-order valence-electron chi connectivity index (χ2n) is 5.12. The maximum absolute atomic E-state index is 11.3. The molecule has 2 heterocycles. The number of carbonyl (C=O) groups is 1. The lowest BCUT2D eigenvalue weighted by molar-refractivity contribution is 0.0592. The van der Waals surface area contributed by atoms with Crippen molar-refractivity contribution in [3.8, 4) is 0 Å². The van der Waals surface area contributed by atoms with Gasteiger partial charge in [0.25, 0.3) is 0 Å². The van der Waals surface area contributed by atoms with Crippen LogP contribution < -0.4 is 4.90 Å². The number of esters is 1. The summed E-state index contributed by atoms with van der Waals surface area (Å²) in [6.45, 7) is 2.16. The molecule has 0 aromatic carbocycles. The minimum atomic E-state index is -0.438. The molecule has 2 atom stereocenters. The molecule has 18 heavy (non-hydrogen) atoms. The predicted octanol–water partition coefficient (Wildman–Crippen LogP) is 1.50. The SMILES string of the molecule is COC(=O)c1ccc(N2C[C@H]3CCC[C@@H]3C2)nn1. The van der Waals surface area contributed by atoms with Gasteiger partial charge in [0.15, 0.2) is 11.5 Å². The van der Waals surface area contributed by atoms with Gasteiger partial charge in [-0.15, -0.1) is 10.2 Å². The molecule has 1 aromatic heterocycles. The van der Waals surface area contributed by atoms with Crippen LogP contribution in [-0.4, -0.2) is 36.4 Å². The van der Waals surface area contributed by atoms with Crippen molar-refractivity contribution in [3.63, 3.8) is 0 Å². The molecule has 1 saturated carbocycles. The number of anilines is 1. The normalized spacial score (nSPS) is 26.2. The monoisotopic (exact) mass is 247 g/mol. The molecule has 0 bridgehead atoms. The van der Waals surface area contributed by atoms with Gasteiger partial charge in [-0.1, -0.05) is 6.42 Å². The number of nitrogens with zero attached hydrogens (tertiary/aromatic N) is 3. The average molecular weight is 247 g/mol. The van der Waals surface area contributed by atoms with E-state index >= 15 is 0 Å². The number of hydrogen-bond donors (Lipinski definition) is 0. The van der Waals surface area contributed by atoms with E-state index < -0.39 is 5.97 Å². The fourth-order valence-corrected chi connectivity index (χ4v) is 3.13. The first-order valence-electron chi connectivity index (χ1n) is 6.45. The number of hydrogen-bond acceptors (Lipinski definition) is 5. The summed E-state index contributed by atoms with van der Waals surface area (Å²) in [5, 5.41) is 8.05. The van der Waals surface area contributed by atoms with Crippen molar-refractivity contribution < 1.29 is 9.53 Å². The third-order valence-corrected chi connectivity index (χ3v) is 4.10. The summed E-state index contributed by atoms with van der Waals surface area (Å²) in [6, 6.07) is 3.54. The average Bonchev–Trinajstić information content (AvgIpc) is 2.99. The molecule has 1 aliphatic carbocycles. The van der Waals surface area contributed by atoms with Gasteiger partial charge in [-0.05, 0) is 36.8 Å². The fraction of sp³-hybridized carbons (Fsp3) is 0.615. The zero-order valence-electron chi connectivity index (χ0n) is 10.5. The first-order chi connectivity index (χ1) is 8.78. The summed E-state index contributed by atoms with van der Waals surface area (Å²) in [5.41, 5.74) is 0.264. The van der Waals surface area contributed by atoms with Crippen LogP contribution in [0.1, 0.15) is 29.8 Å². The van der Waals surface area contributed by atoms with Crippen molar-refractivity contribution >= 4 is 11.8 Å². The third-order valence-electron chi connectivity index (χ3n) is 4.10. The highest BCUT2D eigenvalue weighted by atomic mass is 16.5. The molecular formula is C13H17N3O2. The molecule has 5 nitrogen and oxygen atoms in total. The number of ether oxygens (including phenoxy) is 1. The van der Waals surface area contributed by atoms with E-state index in [2.05, 4.69) is 19.8 Å². The van der Waals surface area contributed by atoms with E-state index in [0.29, 0.717) is 0 Å². The second kappa shape index (κ2) is 4.55. The van der Waals surface area contributed by atoms with Gasteiger partial charge in [0.2, 0.25) is 0 Å². The van der Waals surface area contributed by atoms with Crippen LogP contribution in [0, 0.1) is 11.8 Å². The Hall–Kier alpha value is -1.65. The lowest BCUT2D eigenvalue weighted by atomic mass is 10.0. The number of carbonyl (C=O) groups excluding carboxylic acids is 1. The zero-order chi connectivity index (χ0) is 12.5. The summed E-state index contributed by atoms with van der Waals surface area (Å²) in [5.74, 6) is 2.09. The summed E-state index contributed by atoms with van der Waals surface area (Å²) in [4.78, 5) is 13.5. The Labute approximate surface area is 106 Å². The summed E-state index contributed by atoms with van der Waals surface area (Å²) >= 11 is 0. The zero-order valence-corrected chi connectivity index (χ0v) is 10.5. The van der Waals surface area contributed by atoms with Gasteiger partial charge in [-0.25, -0.2) is 4.79 Å². The topological polar surface area (TPSA) is 55.3 Å². The summed E-state index contributed by atoms with van der Waals surface area (Å²) < 4.78 is 4.61. The molecule has 2 aliphatic rings. The van der Waals surface area contributed by atoms with Gasteiger partial charge in [-0.2, -0.15) is 0 Å². The molecule has 2 fully saturated rings. The molecule has 0 N–H and O–H groups in total. The molecule has 0 spiro atoms. The Morgan fingerprint density at radius 1 is 1.28 bits per heavy atom. The highest BCUT2D eigenvalue weighted by Gasteiger charge is 2.36. The Bertz CT molecular complexity index is 434. The highest BCUT2D eigenvalue weighted by Crippen LogP contribution is 2.38. The molecule has 96 valence electrons. The van der Waals surface area contributed by atoms with Crippen LogP contribution in [0.3, 0.4) is 0 Å². The minimum absolute atomic E-state index is 0.264. The Morgan fingerprint density at radius 2 is 2.00 bits per heavy atom. The van der Waals surface area contributed by atoms with E-state index in [1.54, 1.807) is 6.07 Å². The lowest BCUT2D eigenvalue weighted by Gasteiger charge is -2.17. The standard InChI is InChI=1S/C13H17N3O2/c1-18-13(17)11-5-6-12(15-14-11)16-7-9-3-2-4-10(9)8-16/h5-6,9-10H,2-4,7-8H2,1H3/t9-,10-/m1/s1. The minimum Gasteiger partial charge on any atom is -0.464 e. The quantitative estimate of drug-likeness (QED) is 0.741. The summed E-state index contributed by atoms with van der Waals surface area (Å²) in [6.07, 6.45) is 4.06. The van der Waals surface area contributed by atoms with Crippen LogP contribution >= 0.6 is 0 Å². The van der Waals surface area contributed by atoms with Crippen LogP contribution in [0.5, 0.6) is 0 Å². The van der Waals surface area contributed by atoms with Gasteiger partial charge >= 0.3 is 5.97 Å². The smallest absolute Gasteiger partial charge is 0.358 e. The molecule has 0 unspecified atom stereocenters. The van der Waals surface area contributed by atoms with Gasteiger partial charge in [-0.3, -0.25) is 0 Å². The van der Waals surface area contributed by atoms with E-state index in [1.807, 2.05) is 6.07 Å². The van der Waals surface area contributed by atoms with Crippen LogP contribution in [0.15, 0.2) is 12.1 Å². The Morgan fingerprint density at radius 3 is 2.56 bits per heavy atom. The largest absolute Gasteiger partial charge is 0.464 e. The Balaban J connectivity index is 1.72. The van der Waals surface area contributed by atoms with Gasteiger partial charge in [0.05, 0.1) is 7.11 Å². The van der Waals surface area contributed by atoms with E-state index in [4.69, 9.17) is 0 Å². The molecule has 0 amide bonds. The van der Waals surface area contributed by atoms with E-state index in [-0.39, 0.29) is 5.69 Å². The van der Waals surface area contributed by atoms with Crippen molar-refractivity contribution in [2.45, 2.75) is 19.3 Å².